The normalized spacial score (nSPS) is 24.3. The molecule has 1 aliphatic heterocycles. The van der Waals surface area contributed by atoms with Crippen molar-refractivity contribution in [1.82, 2.24) is 10.2 Å². The molecule has 3 aliphatic rings. The Labute approximate surface area is 167 Å². The molecule has 1 aromatic carbocycles. The van der Waals surface area contributed by atoms with E-state index >= 15 is 0 Å². The zero-order valence-electron chi connectivity index (χ0n) is 16.8. The number of hydrogen-bond donors (Lipinski definition) is 2. The van der Waals surface area contributed by atoms with Gasteiger partial charge in [0.05, 0.1) is 7.11 Å². The number of halogens is 1. The first-order valence-electron chi connectivity index (χ1n) is 10.7. The number of ether oxygens (including phenoxy) is 1. The minimum absolute atomic E-state index is 0.173. The number of anilines is 1. The minimum atomic E-state index is -0.479. The van der Waals surface area contributed by atoms with E-state index in [1.807, 2.05) is 0 Å². The maximum atomic E-state index is 13.8. The van der Waals surface area contributed by atoms with E-state index in [9.17, 15) is 9.18 Å². The number of methoxy groups -OCH3 is 1. The standard InChI is InChI=1S/C22H32FN3O2/c1-28-20-8-7-18(11-19(20)23)25-21(27)24-12-17-14-26(13-16-5-6-16)15-22(17)9-3-2-4-10-22/h7-8,11,16-17H,2-6,9-10,12-15H2,1H3,(H2,24,25,27). The van der Waals surface area contributed by atoms with Crippen LogP contribution in [0.5, 0.6) is 5.75 Å². The van der Waals surface area contributed by atoms with Gasteiger partial charge >= 0.3 is 6.03 Å². The van der Waals surface area contributed by atoms with Gasteiger partial charge in [0.1, 0.15) is 0 Å². The van der Waals surface area contributed by atoms with Gasteiger partial charge in [0, 0.05) is 37.9 Å². The molecule has 5 nitrogen and oxygen atoms in total. The third-order valence-electron chi connectivity index (χ3n) is 6.86. The lowest BCUT2D eigenvalue weighted by atomic mass is 9.68. The Bertz CT molecular complexity index is 701. The Hall–Kier alpha value is -1.82. The summed E-state index contributed by atoms with van der Waals surface area (Å²) in [5, 5.41) is 5.80. The van der Waals surface area contributed by atoms with E-state index in [2.05, 4.69) is 15.5 Å². The predicted octanol–water partition coefficient (Wildman–Crippen LogP) is 4.25. The lowest BCUT2D eigenvalue weighted by Crippen LogP contribution is -2.41. The molecule has 0 aromatic heterocycles. The summed E-state index contributed by atoms with van der Waals surface area (Å²) in [4.78, 5) is 15.0. The van der Waals surface area contributed by atoms with Gasteiger partial charge in [0.25, 0.3) is 0 Å². The maximum Gasteiger partial charge on any atom is 0.319 e. The average Bonchev–Trinajstić information content (AvgIpc) is 3.43. The number of likely N-dealkylation sites (tertiary alicyclic amines) is 1. The molecular weight excluding hydrogens is 357 g/mol. The number of carbonyl (C=O) groups excluding carboxylic acids is 1. The van der Waals surface area contributed by atoms with Gasteiger partial charge < -0.3 is 20.3 Å². The van der Waals surface area contributed by atoms with Crippen molar-refractivity contribution in [3.05, 3.63) is 24.0 Å². The van der Waals surface area contributed by atoms with Gasteiger partial charge in [-0.2, -0.15) is 0 Å². The quantitative estimate of drug-likeness (QED) is 0.765. The summed E-state index contributed by atoms with van der Waals surface area (Å²) in [6.07, 6.45) is 9.29. The van der Waals surface area contributed by atoms with Crippen molar-refractivity contribution in [3.63, 3.8) is 0 Å². The second-order valence-corrected chi connectivity index (χ2v) is 8.94. The van der Waals surface area contributed by atoms with E-state index < -0.39 is 5.82 Å². The van der Waals surface area contributed by atoms with Crippen LogP contribution in [0.25, 0.3) is 0 Å². The third-order valence-corrected chi connectivity index (χ3v) is 6.86. The predicted molar refractivity (Wildman–Crippen MR) is 108 cm³/mol. The molecule has 0 bridgehead atoms. The van der Waals surface area contributed by atoms with Crippen molar-refractivity contribution in [1.29, 1.82) is 0 Å². The number of nitrogens with zero attached hydrogens (tertiary/aromatic N) is 1. The molecule has 4 rings (SSSR count). The van der Waals surface area contributed by atoms with Crippen molar-refractivity contribution in [2.45, 2.75) is 44.9 Å². The summed E-state index contributed by atoms with van der Waals surface area (Å²) >= 11 is 0. The van der Waals surface area contributed by atoms with Crippen LogP contribution >= 0.6 is 0 Å². The fraction of sp³-hybridized carbons (Fsp3) is 0.682. The molecule has 2 amide bonds. The van der Waals surface area contributed by atoms with E-state index in [1.54, 1.807) is 6.07 Å². The van der Waals surface area contributed by atoms with Gasteiger partial charge in [-0.15, -0.1) is 0 Å². The lowest BCUT2D eigenvalue weighted by molar-refractivity contribution is 0.138. The summed E-state index contributed by atoms with van der Waals surface area (Å²) in [6, 6.07) is 4.19. The molecule has 0 radical (unpaired) electrons. The molecule has 6 heteroatoms. The topological polar surface area (TPSA) is 53.6 Å². The van der Waals surface area contributed by atoms with E-state index in [4.69, 9.17) is 4.74 Å². The molecule has 2 N–H and O–H groups in total. The average molecular weight is 390 g/mol. The van der Waals surface area contributed by atoms with Crippen LogP contribution in [-0.2, 0) is 0 Å². The molecule has 2 aliphatic carbocycles. The number of nitrogens with one attached hydrogen (secondary N) is 2. The highest BCUT2D eigenvalue weighted by Crippen LogP contribution is 2.48. The van der Waals surface area contributed by atoms with Crippen LogP contribution in [0.4, 0.5) is 14.9 Å². The summed E-state index contributed by atoms with van der Waals surface area (Å²) in [5.41, 5.74) is 0.803. The lowest BCUT2D eigenvalue weighted by Gasteiger charge is -2.38. The van der Waals surface area contributed by atoms with Crippen molar-refractivity contribution >= 4 is 11.7 Å². The third kappa shape index (κ3) is 4.43. The smallest absolute Gasteiger partial charge is 0.319 e. The van der Waals surface area contributed by atoms with Crippen molar-refractivity contribution in [3.8, 4) is 5.75 Å². The number of rotatable bonds is 6. The molecule has 1 heterocycles. The maximum absolute atomic E-state index is 13.8. The molecule has 1 spiro atoms. The second-order valence-electron chi connectivity index (χ2n) is 8.94. The number of hydrogen-bond acceptors (Lipinski definition) is 3. The summed E-state index contributed by atoms with van der Waals surface area (Å²) in [5.74, 6) is 1.10. The first-order valence-corrected chi connectivity index (χ1v) is 10.7. The van der Waals surface area contributed by atoms with Crippen LogP contribution in [0.2, 0.25) is 0 Å². The minimum Gasteiger partial charge on any atom is -0.494 e. The van der Waals surface area contributed by atoms with E-state index in [-0.39, 0.29) is 11.8 Å². The van der Waals surface area contributed by atoms with Crippen molar-refractivity contribution in [2.24, 2.45) is 17.3 Å². The van der Waals surface area contributed by atoms with Gasteiger partial charge in [-0.3, -0.25) is 0 Å². The number of carbonyl (C=O) groups is 1. The first-order chi connectivity index (χ1) is 13.6. The number of urea groups is 1. The molecule has 1 saturated heterocycles. The van der Waals surface area contributed by atoms with E-state index in [0.29, 0.717) is 23.6 Å². The molecule has 28 heavy (non-hydrogen) atoms. The Morgan fingerprint density at radius 3 is 2.75 bits per heavy atom. The van der Waals surface area contributed by atoms with Crippen LogP contribution in [-0.4, -0.2) is 44.2 Å². The van der Waals surface area contributed by atoms with Crippen LogP contribution < -0.4 is 15.4 Å². The zero-order valence-corrected chi connectivity index (χ0v) is 16.8. The number of amides is 2. The van der Waals surface area contributed by atoms with Gasteiger partial charge in [-0.1, -0.05) is 19.3 Å². The van der Waals surface area contributed by atoms with Gasteiger partial charge in [-0.25, -0.2) is 9.18 Å². The van der Waals surface area contributed by atoms with E-state index in [0.717, 1.165) is 12.5 Å². The van der Waals surface area contributed by atoms with Gasteiger partial charge in [-0.05, 0) is 55.1 Å². The number of benzene rings is 1. The van der Waals surface area contributed by atoms with Crippen molar-refractivity contribution < 1.29 is 13.9 Å². The van der Waals surface area contributed by atoms with Crippen molar-refractivity contribution in [2.75, 3.05) is 38.6 Å². The molecule has 1 atom stereocenters. The van der Waals surface area contributed by atoms with Crippen LogP contribution in [0.15, 0.2) is 18.2 Å². The summed E-state index contributed by atoms with van der Waals surface area (Å²) in [7, 11) is 1.42. The SMILES string of the molecule is COc1ccc(NC(=O)NCC2CN(CC3CC3)CC23CCCCC3)cc1F. The molecule has 154 valence electrons. The highest BCUT2D eigenvalue weighted by molar-refractivity contribution is 5.89. The summed E-state index contributed by atoms with van der Waals surface area (Å²) < 4.78 is 18.7. The van der Waals surface area contributed by atoms with Gasteiger partial charge in [0.2, 0.25) is 0 Å². The Morgan fingerprint density at radius 2 is 2.07 bits per heavy atom. The second kappa shape index (κ2) is 8.27. The summed E-state index contributed by atoms with van der Waals surface area (Å²) in [6.45, 7) is 4.20. The van der Waals surface area contributed by atoms with E-state index in [1.165, 1.54) is 77.3 Å². The highest BCUT2D eigenvalue weighted by Gasteiger charge is 2.47. The molecule has 1 aromatic rings. The monoisotopic (exact) mass is 389 g/mol. The van der Waals surface area contributed by atoms with Crippen LogP contribution in [0.1, 0.15) is 44.9 Å². The largest absolute Gasteiger partial charge is 0.494 e. The van der Waals surface area contributed by atoms with Gasteiger partial charge in [0.15, 0.2) is 11.6 Å². The first kappa shape index (κ1) is 19.5. The zero-order chi connectivity index (χ0) is 19.6. The fourth-order valence-electron chi connectivity index (χ4n) is 5.19. The molecule has 3 fully saturated rings. The molecule has 2 saturated carbocycles. The van der Waals surface area contributed by atoms with Crippen LogP contribution in [0.3, 0.4) is 0 Å². The Kier molecular flexibility index (Phi) is 5.76. The fourth-order valence-corrected chi connectivity index (χ4v) is 5.19. The Morgan fingerprint density at radius 1 is 1.29 bits per heavy atom. The Balaban J connectivity index is 1.33. The van der Waals surface area contributed by atoms with Crippen LogP contribution in [0, 0.1) is 23.1 Å². The highest BCUT2D eigenvalue weighted by atomic mass is 19.1. The molecule has 1 unspecified atom stereocenters. The molecular formula is C22H32FN3O2.